The Morgan fingerprint density at radius 1 is 1.31 bits per heavy atom. The average Bonchev–Trinajstić information content (AvgIpc) is 3.49. The van der Waals surface area contributed by atoms with Crippen LogP contribution >= 0.6 is 11.6 Å². The number of nitrogens with zero attached hydrogens (tertiary/aromatic N) is 1. The average molecular weight is 418 g/mol. The van der Waals surface area contributed by atoms with Gasteiger partial charge in [-0.2, -0.15) is 0 Å². The number of hydrogen-bond acceptors (Lipinski definition) is 5. The lowest BCUT2D eigenvalue weighted by Gasteiger charge is -2.46. The number of fused-ring (bicyclic) bond motifs is 3. The molecule has 1 saturated carbocycles. The standard InChI is InChI=1S/C21H20ClNO6/c1-21(8-28-9-21)18-12-5-13(20(25)26)19(24)23(10-3-4-10)17(12)11-6-14(22)16(27-2)7-15(11)29-18/h5-7,10,18H,3-4,8-9H2,1-2H3,(H,25,26)/t18-/m0/s1. The molecule has 1 N–H and O–H groups in total. The van der Waals surface area contributed by atoms with E-state index in [2.05, 4.69) is 0 Å². The molecule has 8 heteroatoms. The highest BCUT2D eigenvalue weighted by atomic mass is 35.5. The molecule has 0 amide bonds. The topological polar surface area (TPSA) is 87.0 Å². The molecule has 1 atom stereocenters. The second kappa shape index (κ2) is 6.24. The second-order valence-electron chi connectivity index (χ2n) is 8.20. The number of pyridine rings is 1. The summed E-state index contributed by atoms with van der Waals surface area (Å²) in [5, 5.41) is 10.0. The van der Waals surface area contributed by atoms with Gasteiger partial charge in [0.1, 0.15) is 23.2 Å². The van der Waals surface area contributed by atoms with E-state index < -0.39 is 17.6 Å². The monoisotopic (exact) mass is 417 g/mol. The summed E-state index contributed by atoms with van der Waals surface area (Å²) in [6, 6.07) is 4.90. The predicted octanol–water partition coefficient (Wildman–Crippen LogP) is 3.68. The first kappa shape index (κ1) is 18.5. The molecule has 1 saturated heterocycles. The van der Waals surface area contributed by atoms with Gasteiger partial charge in [-0.1, -0.05) is 18.5 Å². The Bertz CT molecular complexity index is 1100. The number of carboxylic acids is 1. The van der Waals surface area contributed by atoms with Gasteiger partial charge in [-0.25, -0.2) is 4.79 Å². The summed E-state index contributed by atoms with van der Waals surface area (Å²) in [5.41, 5.74) is 0.982. The van der Waals surface area contributed by atoms with Crippen molar-refractivity contribution in [1.82, 2.24) is 4.57 Å². The van der Waals surface area contributed by atoms with Gasteiger partial charge in [-0.05, 0) is 25.0 Å². The minimum absolute atomic E-state index is 0.0199. The van der Waals surface area contributed by atoms with E-state index in [0.717, 1.165) is 12.8 Å². The van der Waals surface area contributed by atoms with Crippen LogP contribution in [0.5, 0.6) is 11.5 Å². The van der Waals surface area contributed by atoms with Crippen molar-refractivity contribution in [1.29, 1.82) is 0 Å². The van der Waals surface area contributed by atoms with Crippen LogP contribution in [-0.2, 0) is 4.74 Å². The first-order chi connectivity index (χ1) is 13.8. The third-order valence-electron chi connectivity index (χ3n) is 5.94. The van der Waals surface area contributed by atoms with Crippen molar-refractivity contribution in [3.05, 3.63) is 44.7 Å². The third kappa shape index (κ3) is 2.68. The van der Waals surface area contributed by atoms with Crippen LogP contribution in [0.3, 0.4) is 0 Å². The number of aromatic carboxylic acids is 1. The summed E-state index contributed by atoms with van der Waals surface area (Å²) in [5.74, 6) is -0.196. The fraction of sp³-hybridized carbons (Fsp3) is 0.429. The van der Waals surface area contributed by atoms with Gasteiger partial charge >= 0.3 is 5.97 Å². The Morgan fingerprint density at radius 2 is 2.03 bits per heavy atom. The van der Waals surface area contributed by atoms with E-state index in [-0.39, 0.29) is 17.0 Å². The number of carboxylic acid groups (broad SMARTS) is 1. The number of halogens is 1. The van der Waals surface area contributed by atoms with E-state index in [9.17, 15) is 14.7 Å². The summed E-state index contributed by atoms with van der Waals surface area (Å²) >= 11 is 6.38. The fourth-order valence-electron chi connectivity index (χ4n) is 4.23. The lowest BCUT2D eigenvalue weighted by Crippen LogP contribution is -2.48. The largest absolute Gasteiger partial charge is 0.495 e. The van der Waals surface area contributed by atoms with Crippen LogP contribution in [0.2, 0.25) is 5.02 Å². The highest BCUT2D eigenvalue weighted by molar-refractivity contribution is 6.32. The summed E-state index contributed by atoms with van der Waals surface area (Å²) in [7, 11) is 1.53. The highest BCUT2D eigenvalue weighted by Gasteiger charge is 2.48. The number of carbonyl (C=O) groups is 1. The molecule has 7 nitrogen and oxygen atoms in total. The zero-order valence-corrected chi connectivity index (χ0v) is 16.8. The van der Waals surface area contributed by atoms with E-state index in [1.807, 2.05) is 6.92 Å². The Morgan fingerprint density at radius 3 is 2.59 bits per heavy atom. The summed E-state index contributed by atoms with van der Waals surface area (Å²) in [4.78, 5) is 24.9. The Labute approximate surface area is 171 Å². The maximum Gasteiger partial charge on any atom is 0.341 e. The number of hydrogen-bond donors (Lipinski definition) is 1. The minimum atomic E-state index is -1.24. The SMILES string of the molecule is COc1cc2c(cc1Cl)-c1c(cc(C(=O)O)c(=O)n1C1CC1)[C@@H](C1(C)COC1)O2. The molecule has 1 aromatic heterocycles. The van der Waals surface area contributed by atoms with Gasteiger partial charge in [0.2, 0.25) is 0 Å². The first-order valence-corrected chi connectivity index (χ1v) is 9.87. The molecule has 1 aliphatic carbocycles. The molecule has 5 rings (SSSR count). The lowest BCUT2D eigenvalue weighted by molar-refractivity contribution is -0.156. The van der Waals surface area contributed by atoms with Gasteiger partial charge in [-0.3, -0.25) is 4.79 Å². The Balaban J connectivity index is 1.85. The van der Waals surface area contributed by atoms with Crippen molar-refractivity contribution >= 4 is 17.6 Å². The molecule has 29 heavy (non-hydrogen) atoms. The van der Waals surface area contributed by atoms with Crippen LogP contribution in [0.1, 0.15) is 47.8 Å². The van der Waals surface area contributed by atoms with Crippen molar-refractivity contribution < 1.29 is 24.1 Å². The maximum atomic E-state index is 13.1. The molecule has 2 aromatic rings. The van der Waals surface area contributed by atoms with Crippen molar-refractivity contribution in [2.45, 2.75) is 31.9 Å². The number of benzene rings is 1. The van der Waals surface area contributed by atoms with E-state index >= 15 is 0 Å². The van der Waals surface area contributed by atoms with Crippen molar-refractivity contribution in [3.63, 3.8) is 0 Å². The molecule has 0 spiro atoms. The van der Waals surface area contributed by atoms with E-state index in [4.69, 9.17) is 25.8 Å². The predicted molar refractivity (Wildman–Crippen MR) is 105 cm³/mol. The molecule has 2 fully saturated rings. The van der Waals surface area contributed by atoms with Gasteiger partial charge < -0.3 is 23.9 Å². The molecule has 0 radical (unpaired) electrons. The van der Waals surface area contributed by atoms with Crippen LogP contribution in [0.15, 0.2) is 23.0 Å². The zero-order valence-electron chi connectivity index (χ0n) is 16.0. The summed E-state index contributed by atoms with van der Waals surface area (Å²) < 4.78 is 18.8. The molecular formula is C21H20ClNO6. The van der Waals surface area contributed by atoms with Gasteiger partial charge in [0.25, 0.3) is 5.56 Å². The fourth-order valence-corrected chi connectivity index (χ4v) is 4.47. The zero-order chi connectivity index (χ0) is 20.5. The maximum absolute atomic E-state index is 13.1. The van der Waals surface area contributed by atoms with Crippen molar-refractivity contribution in [2.24, 2.45) is 5.41 Å². The second-order valence-corrected chi connectivity index (χ2v) is 8.61. The number of ether oxygens (including phenoxy) is 3. The van der Waals surface area contributed by atoms with Crippen LogP contribution in [-0.4, -0.2) is 36.0 Å². The summed E-state index contributed by atoms with van der Waals surface area (Å²) in [6.45, 7) is 3.01. The molecule has 3 aliphatic rings. The Kier molecular flexibility index (Phi) is 3.98. The number of aromatic nitrogens is 1. The third-order valence-corrected chi connectivity index (χ3v) is 6.23. The molecule has 152 valence electrons. The molecule has 3 heterocycles. The van der Waals surface area contributed by atoms with E-state index in [0.29, 0.717) is 46.6 Å². The molecule has 1 aromatic carbocycles. The molecule has 0 bridgehead atoms. The van der Waals surface area contributed by atoms with Crippen LogP contribution in [0.25, 0.3) is 11.3 Å². The molecule has 0 unspecified atom stereocenters. The Hall–Kier alpha value is -2.51. The molecule has 2 aliphatic heterocycles. The van der Waals surface area contributed by atoms with Crippen LogP contribution < -0.4 is 15.0 Å². The number of methoxy groups -OCH3 is 1. The quantitative estimate of drug-likeness (QED) is 0.816. The normalized spacial score (nSPS) is 21.4. The van der Waals surface area contributed by atoms with E-state index in [1.54, 1.807) is 16.7 Å². The summed E-state index contributed by atoms with van der Waals surface area (Å²) in [6.07, 6.45) is 1.22. The van der Waals surface area contributed by atoms with Crippen LogP contribution in [0.4, 0.5) is 0 Å². The molecular weight excluding hydrogens is 398 g/mol. The van der Waals surface area contributed by atoms with Crippen LogP contribution in [0, 0.1) is 5.41 Å². The minimum Gasteiger partial charge on any atom is -0.495 e. The van der Waals surface area contributed by atoms with Crippen molar-refractivity contribution in [3.8, 4) is 22.8 Å². The van der Waals surface area contributed by atoms with Gasteiger partial charge in [-0.15, -0.1) is 0 Å². The van der Waals surface area contributed by atoms with Gasteiger partial charge in [0.05, 0.1) is 36.5 Å². The van der Waals surface area contributed by atoms with Crippen molar-refractivity contribution in [2.75, 3.05) is 20.3 Å². The smallest absolute Gasteiger partial charge is 0.341 e. The van der Waals surface area contributed by atoms with Gasteiger partial charge in [0.15, 0.2) is 0 Å². The lowest BCUT2D eigenvalue weighted by atomic mass is 9.76. The highest BCUT2D eigenvalue weighted by Crippen LogP contribution is 2.54. The van der Waals surface area contributed by atoms with Gasteiger partial charge in [0, 0.05) is 23.2 Å². The number of rotatable bonds is 4. The first-order valence-electron chi connectivity index (χ1n) is 9.49. The van der Waals surface area contributed by atoms with E-state index in [1.165, 1.54) is 13.2 Å².